The first-order valence-corrected chi connectivity index (χ1v) is 8.66. The zero-order valence-electron chi connectivity index (χ0n) is 12.6. The Kier molecular flexibility index (Phi) is 4.05. The molecule has 3 rings (SSSR count). The van der Waals surface area contributed by atoms with Crippen LogP contribution in [-0.2, 0) is 15.6 Å². The van der Waals surface area contributed by atoms with Crippen molar-refractivity contribution in [1.29, 1.82) is 0 Å². The number of hydrogen-bond acceptors (Lipinski definition) is 6. The first kappa shape index (κ1) is 15.9. The Hall–Kier alpha value is -2.03. The molecule has 0 amide bonds. The highest BCUT2D eigenvalue weighted by atomic mass is 32.2. The van der Waals surface area contributed by atoms with Gasteiger partial charge in [-0.1, -0.05) is 35.5 Å². The number of aliphatic hydroxyl groups is 1. The summed E-state index contributed by atoms with van der Waals surface area (Å²) in [5.41, 5.74) is -0.646. The Morgan fingerprint density at radius 3 is 2.74 bits per heavy atom. The summed E-state index contributed by atoms with van der Waals surface area (Å²) in [6, 6.07) is 9.15. The standard InChI is InChI=1S/C15H17N3O4S/c1-12-16-14(22-17-12)15(19)8-9-18(11-15)23(20,21)10-7-13-5-3-2-4-6-13/h2-7,10,19H,8-9,11H2,1H3/b10-7+. The molecule has 1 aliphatic heterocycles. The summed E-state index contributed by atoms with van der Waals surface area (Å²) in [6.45, 7) is 1.73. The van der Waals surface area contributed by atoms with Crippen molar-refractivity contribution >= 4 is 16.1 Å². The number of aromatic nitrogens is 2. The molecule has 0 saturated carbocycles. The van der Waals surface area contributed by atoms with E-state index in [-0.39, 0.29) is 25.4 Å². The fourth-order valence-corrected chi connectivity index (χ4v) is 3.69. The molecule has 1 aromatic carbocycles. The van der Waals surface area contributed by atoms with Crippen LogP contribution in [0.4, 0.5) is 0 Å². The summed E-state index contributed by atoms with van der Waals surface area (Å²) in [6.07, 6.45) is 1.75. The summed E-state index contributed by atoms with van der Waals surface area (Å²) < 4.78 is 31.0. The molecular formula is C15H17N3O4S. The largest absolute Gasteiger partial charge is 0.379 e. The monoisotopic (exact) mass is 335 g/mol. The van der Waals surface area contributed by atoms with Gasteiger partial charge >= 0.3 is 0 Å². The Labute approximate surface area is 134 Å². The van der Waals surface area contributed by atoms with E-state index >= 15 is 0 Å². The maximum absolute atomic E-state index is 12.4. The van der Waals surface area contributed by atoms with E-state index in [0.717, 1.165) is 11.0 Å². The average Bonchev–Trinajstić information content (AvgIpc) is 3.14. The Bertz CT molecular complexity index is 816. The molecule has 1 saturated heterocycles. The second-order valence-electron chi connectivity index (χ2n) is 5.52. The molecular weight excluding hydrogens is 318 g/mol. The Balaban J connectivity index is 1.76. The number of nitrogens with zero attached hydrogens (tertiary/aromatic N) is 3. The minimum atomic E-state index is -3.63. The number of sulfonamides is 1. The molecule has 0 bridgehead atoms. The van der Waals surface area contributed by atoms with E-state index in [4.69, 9.17) is 4.52 Å². The second kappa shape index (κ2) is 5.88. The summed E-state index contributed by atoms with van der Waals surface area (Å²) in [4.78, 5) is 4.01. The van der Waals surface area contributed by atoms with Gasteiger partial charge in [-0.25, -0.2) is 8.42 Å². The lowest BCUT2D eigenvalue weighted by Gasteiger charge is -2.18. The van der Waals surface area contributed by atoms with Crippen LogP contribution < -0.4 is 0 Å². The van der Waals surface area contributed by atoms with E-state index in [0.29, 0.717) is 5.82 Å². The van der Waals surface area contributed by atoms with E-state index in [1.165, 1.54) is 10.4 Å². The topological polar surface area (TPSA) is 96.5 Å². The number of aryl methyl sites for hydroxylation is 1. The molecule has 1 aromatic heterocycles. The molecule has 122 valence electrons. The molecule has 1 fully saturated rings. The van der Waals surface area contributed by atoms with Crippen LogP contribution in [0.1, 0.15) is 23.7 Å². The Morgan fingerprint density at radius 1 is 1.35 bits per heavy atom. The first-order valence-electron chi connectivity index (χ1n) is 7.15. The lowest BCUT2D eigenvalue weighted by Crippen LogP contribution is -2.33. The summed E-state index contributed by atoms with van der Waals surface area (Å²) in [5.74, 6) is 0.457. The molecule has 1 aliphatic rings. The molecule has 1 N–H and O–H groups in total. The van der Waals surface area contributed by atoms with Crippen molar-refractivity contribution in [3.05, 3.63) is 53.0 Å². The molecule has 2 aromatic rings. The Morgan fingerprint density at radius 2 is 2.09 bits per heavy atom. The molecule has 8 heteroatoms. The van der Waals surface area contributed by atoms with E-state index in [2.05, 4.69) is 10.1 Å². The number of benzene rings is 1. The van der Waals surface area contributed by atoms with Gasteiger partial charge in [0.15, 0.2) is 11.4 Å². The van der Waals surface area contributed by atoms with Crippen LogP contribution in [0.3, 0.4) is 0 Å². The van der Waals surface area contributed by atoms with Gasteiger partial charge in [0.2, 0.25) is 10.0 Å². The van der Waals surface area contributed by atoms with Crippen molar-refractivity contribution in [3.63, 3.8) is 0 Å². The summed E-state index contributed by atoms with van der Waals surface area (Å²) >= 11 is 0. The molecule has 0 radical (unpaired) electrons. The molecule has 0 aliphatic carbocycles. The van der Waals surface area contributed by atoms with Gasteiger partial charge in [0, 0.05) is 18.4 Å². The fourth-order valence-electron chi connectivity index (χ4n) is 2.45. The molecule has 2 heterocycles. The van der Waals surface area contributed by atoms with Crippen molar-refractivity contribution in [2.45, 2.75) is 18.9 Å². The first-order chi connectivity index (χ1) is 10.9. The normalized spacial score (nSPS) is 22.9. The third-order valence-electron chi connectivity index (χ3n) is 3.73. The van der Waals surface area contributed by atoms with Gasteiger partial charge in [-0.05, 0) is 18.6 Å². The predicted octanol–water partition coefficient (Wildman–Crippen LogP) is 1.27. The van der Waals surface area contributed by atoms with Crippen LogP contribution in [0, 0.1) is 6.92 Å². The van der Waals surface area contributed by atoms with E-state index in [9.17, 15) is 13.5 Å². The van der Waals surface area contributed by atoms with Crippen molar-refractivity contribution in [3.8, 4) is 0 Å². The highest BCUT2D eigenvalue weighted by molar-refractivity contribution is 7.92. The van der Waals surface area contributed by atoms with Gasteiger partial charge in [-0.3, -0.25) is 0 Å². The van der Waals surface area contributed by atoms with E-state index in [1.807, 2.05) is 30.3 Å². The van der Waals surface area contributed by atoms with Gasteiger partial charge in [-0.2, -0.15) is 9.29 Å². The smallest absolute Gasteiger partial charge is 0.260 e. The van der Waals surface area contributed by atoms with Crippen molar-refractivity contribution in [1.82, 2.24) is 14.4 Å². The van der Waals surface area contributed by atoms with Crippen LogP contribution in [0.2, 0.25) is 0 Å². The third kappa shape index (κ3) is 3.34. The zero-order chi connectivity index (χ0) is 16.5. The van der Waals surface area contributed by atoms with Gasteiger partial charge in [0.1, 0.15) is 0 Å². The number of β-amino-alcohol motifs (C(OH)–C–C–N with tert-alkyl or cyclic N) is 1. The number of rotatable bonds is 4. The quantitative estimate of drug-likeness (QED) is 0.904. The van der Waals surface area contributed by atoms with Crippen LogP contribution in [0.5, 0.6) is 0 Å². The highest BCUT2D eigenvalue weighted by Gasteiger charge is 2.45. The minimum absolute atomic E-state index is 0.0553. The molecule has 23 heavy (non-hydrogen) atoms. The van der Waals surface area contributed by atoms with E-state index < -0.39 is 15.6 Å². The third-order valence-corrected chi connectivity index (χ3v) is 5.24. The van der Waals surface area contributed by atoms with Gasteiger partial charge in [0.05, 0.1) is 6.54 Å². The highest BCUT2D eigenvalue weighted by Crippen LogP contribution is 2.32. The van der Waals surface area contributed by atoms with Gasteiger partial charge < -0.3 is 9.63 Å². The van der Waals surface area contributed by atoms with Crippen molar-refractivity contribution < 1.29 is 18.0 Å². The van der Waals surface area contributed by atoms with Gasteiger partial charge in [0.25, 0.3) is 5.89 Å². The van der Waals surface area contributed by atoms with E-state index in [1.54, 1.807) is 6.92 Å². The fraction of sp³-hybridized carbons (Fsp3) is 0.333. The molecule has 0 spiro atoms. The second-order valence-corrected chi connectivity index (χ2v) is 7.34. The summed E-state index contributed by atoms with van der Waals surface area (Å²) in [5, 5.41) is 15.4. The lowest BCUT2D eigenvalue weighted by molar-refractivity contribution is 0.0195. The van der Waals surface area contributed by atoms with Crippen LogP contribution in [0.15, 0.2) is 40.3 Å². The average molecular weight is 335 g/mol. The maximum atomic E-state index is 12.4. The van der Waals surface area contributed by atoms with Crippen LogP contribution >= 0.6 is 0 Å². The lowest BCUT2D eigenvalue weighted by atomic mass is 10.0. The van der Waals surface area contributed by atoms with Crippen LogP contribution in [-0.4, -0.2) is 41.1 Å². The summed E-state index contributed by atoms with van der Waals surface area (Å²) in [7, 11) is -3.63. The molecule has 1 atom stereocenters. The molecule has 7 nitrogen and oxygen atoms in total. The molecule has 1 unspecified atom stereocenters. The predicted molar refractivity (Wildman–Crippen MR) is 83.5 cm³/mol. The number of hydrogen-bond donors (Lipinski definition) is 1. The van der Waals surface area contributed by atoms with Crippen molar-refractivity contribution in [2.24, 2.45) is 0 Å². The minimum Gasteiger partial charge on any atom is -0.379 e. The zero-order valence-corrected chi connectivity index (χ0v) is 13.4. The maximum Gasteiger partial charge on any atom is 0.260 e. The SMILES string of the molecule is Cc1noc(C2(O)CCN(S(=O)(=O)/C=C/c3ccccc3)C2)n1. The van der Waals surface area contributed by atoms with Crippen molar-refractivity contribution in [2.75, 3.05) is 13.1 Å². The van der Waals surface area contributed by atoms with Gasteiger partial charge in [-0.15, -0.1) is 0 Å². The van der Waals surface area contributed by atoms with Crippen LogP contribution in [0.25, 0.3) is 6.08 Å².